The van der Waals surface area contributed by atoms with Gasteiger partial charge in [0.15, 0.2) is 11.6 Å². The highest BCUT2D eigenvalue weighted by molar-refractivity contribution is 5.77. The van der Waals surface area contributed by atoms with Crippen molar-refractivity contribution in [2.45, 2.75) is 58.3 Å². The van der Waals surface area contributed by atoms with Crippen LogP contribution in [0.25, 0.3) is 11.1 Å². The van der Waals surface area contributed by atoms with Crippen LogP contribution in [-0.2, 0) is 6.42 Å². The Morgan fingerprint density at radius 2 is 1.81 bits per heavy atom. The fourth-order valence-electron chi connectivity index (χ4n) is 4.21. The molecule has 0 atom stereocenters. The minimum absolute atomic E-state index is 0.233. The molecule has 142 valence electrons. The number of halogens is 1. The van der Waals surface area contributed by atoms with Crippen molar-refractivity contribution in [2.75, 3.05) is 7.11 Å². The van der Waals surface area contributed by atoms with E-state index in [1.807, 2.05) is 31.2 Å². The van der Waals surface area contributed by atoms with E-state index in [0.29, 0.717) is 29.0 Å². The number of hydrogen-bond donors (Lipinski definition) is 0. The number of rotatable bonds is 5. The molecule has 0 heterocycles. The van der Waals surface area contributed by atoms with Crippen LogP contribution in [0.1, 0.15) is 68.6 Å². The Labute approximate surface area is 162 Å². The molecule has 0 aromatic heterocycles. The molecule has 2 nitrogen and oxygen atoms in total. The summed E-state index contributed by atoms with van der Waals surface area (Å²) in [5.74, 6) is 1.24. The maximum Gasteiger partial charge on any atom is 0.168 e. The van der Waals surface area contributed by atoms with Gasteiger partial charge in [0, 0.05) is 11.1 Å². The third kappa shape index (κ3) is 4.00. The molecule has 1 fully saturated rings. The average Bonchev–Trinajstić information content (AvgIpc) is 2.69. The Bertz CT molecular complexity index is 844. The zero-order chi connectivity index (χ0) is 19.4. The minimum Gasteiger partial charge on any atom is -0.493 e. The largest absolute Gasteiger partial charge is 0.493 e. The average molecular weight is 365 g/mol. The SMILES string of the molecule is CCCc1ccc(-c2ccc(C3CCC(C)CC3)cc2C#N)c(OC)c1F. The van der Waals surface area contributed by atoms with E-state index in [0.717, 1.165) is 17.9 Å². The molecule has 0 unspecified atom stereocenters. The van der Waals surface area contributed by atoms with E-state index in [2.05, 4.69) is 19.1 Å². The Kier molecular flexibility index (Phi) is 6.16. The van der Waals surface area contributed by atoms with E-state index in [-0.39, 0.29) is 11.6 Å². The summed E-state index contributed by atoms with van der Waals surface area (Å²) >= 11 is 0. The van der Waals surface area contributed by atoms with Crippen molar-refractivity contribution in [1.29, 1.82) is 5.26 Å². The molecular weight excluding hydrogens is 337 g/mol. The van der Waals surface area contributed by atoms with Crippen LogP contribution < -0.4 is 4.74 Å². The second-order valence-corrected chi connectivity index (χ2v) is 7.74. The third-order valence-corrected chi connectivity index (χ3v) is 5.84. The van der Waals surface area contributed by atoms with E-state index in [1.54, 1.807) is 0 Å². The van der Waals surface area contributed by atoms with E-state index in [1.165, 1.54) is 38.4 Å². The van der Waals surface area contributed by atoms with E-state index < -0.39 is 0 Å². The molecule has 0 saturated heterocycles. The highest BCUT2D eigenvalue weighted by Crippen LogP contribution is 2.40. The maximum atomic E-state index is 14.8. The summed E-state index contributed by atoms with van der Waals surface area (Å²) in [6.07, 6.45) is 6.38. The number of hydrogen-bond acceptors (Lipinski definition) is 2. The van der Waals surface area contributed by atoms with Gasteiger partial charge in [-0.2, -0.15) is 5.26 Å². The molecule has 0 N–H and O–H groups in total. The number of ether oxygens (including phenoxy) is 1. The van der Waals surface area contributed by atoms with Crippen LogP contribution in [0.3, 0.4) is 0 Å². The van der Waals surface area contributed by atoms with Gasteiger partial charge in [0.05, 0.1) is 18.7 Å². The number of nitrogens with zero attached hydrogens (tertiary/aromatic N) is 1. The van der Waals surface area contributed by atoms with Crippen molar-refractivity contribution in [1.82, 2.24) is 0 Å². The molecular formula is C24H28FNO. The van der Waals surface area contributed by atoms with Crippen LogP contribution in [0.5, 0.6) is 5.75 Å². The van der Waals surface area contributed by atoms with Gasteiger partial charge in [-0.3, -0.25) is 0 Å². The predicted octanol–water partition coefficient (Wildman–Crippen LogP) is 6.62. The lowest BCUT2D eigenvalue weighted by atomic mass is 9.78. The number of methoxy groups -OCH3 is 1. The van der Waals surface area contributed by atoms with Gasteiger partial charge in [0.2, 0.25) is 0 Å². The van der Waals surface area contributed by atoms with Gasteiger partial charge in [-0.1, -0.05) is 57.4 Å². The third-order valence-electron chi connectivity index (χ3n) is 5.84. The quantitative estimate of drug-likeness (QED) is 0.596. The van der Waals surface area contributed by atoms with Gasteiger partial charge in [-0.25, -0.2) is 4.39 Å². The van der Waals surface area contributed by atoms with Crippen LogP contribution in [0.2, 0.25) is 0 Å². The molecule has 3 rings (SSSR count). The molecule has 0 bridgehead atoms. The lowest BCUT2D eigenvalue weighted by molar-refractivity contribution is 0.348. The molecule has 1 saturated carbocycles. The van der Waals surface area contributed by atoms with E-state index in [4.69, 9.17) is 4.74 Å². The van der Waals surface area contributed by atoms with Crippen LogP contribution in [-0.4, -0.2) is 7.11 Å². The molecule has 2 aromatic rings. The first-order valence-corrected chi connectivity index (χ1v) is 9.98. The summed E-state index contributed by atoms with van der Waals surface area (Å²) in [6, 6.07) is 12.1. The van der Waals surface area contributed by atoms with Gasteiger partial charge in [-0.05, 0) is 48.3 Å². The van der Waals surface area contributed by atoms with Crippen molar-refractivity contribution in [2.24, 2.45) is 5.92 Å². The Hall–Kier alpha value is -2.34. The molecule has 27 heavy (non-hydrogen) atoms. The predicted molar refractivity (Wildman–Crippen MR) is 107 cm³/mol. The Morgan fingerprint density at radius 3 is 2.44 bits per heavy atom. The van der Waals surface area contributed by atoms with Crippen LogP contribution >= 0.6 is 0 Å². The second kappa shape index (κ2) is 8.57. The van der Waals surface area contributed by atoms with Gasteiger partial charge in [0.1, 0.15) is 0 Å². The van der Waals surface area contributed by atoms with Crippen molar-refractivity contribution in [3.8, 4) is 22.9 Å². The van der Waals surface area contributed by atoms with Crippen molar-refractivity contribution in [3.63, 3.8) is 0 Å². The van der Waals surface area contributed by atoms with Crippen LogP contribution in [0.15, 0.2) is 30.3 Å². The number of aryl methyl sites for hydroxylation is 1. The minimum atomic E-state index is -0.314. The number of benzene rings is 2. The zero-order valence-electron chi connectivity index (χ0n) is 16.5. The summed E-state index contributed by atoms with van der Waals surface area (Å²) in [6.45, 7) is 4.33. The normalized spacial score (nSPS) is 19.5. The molecule has 1 aliphatic rings. The molecule has 3 heteroatoms. The van der Waals surface area contributed by atoms with Crippen molar-refractivity contribution >= 4 is 0 Å². The summed E-state index contributed by atoms with van der Waals surface area (Å²) < 4.78 is 20.2. The summed E-state index contributed by atoms with van der Waals surface area (Å²) in [4.78, 5) is 0. The lowest BCUT2D eigenvalue weighted by Gasteiger charge is -2.27. The number of nitriles is 1. The molecule has 1 aliphatic carbocycles. The van der Waals surface area contributed by atoms with Crippen molar-refractivity contribution < 1.29 is 9.13 Å². The van der Waals surface area contributed by atoms with Gasteiger partial charge in [0.25, 0.3) is 0 Å². The Balaban J connectivity index is 2.00. The van der Waals surface area contributed by atoms with Crippen LogP contribution in [0, 0.1) is 23.1 Å². The molecule has 0 spiro atoms. The maximum absolute atomic E-state index is 14.8. The lowest BCUT2D eigenvalue weighted by Crippen LogP contribution is -2.11. The van der Waals surface area contributed by atoms with E-state index in [9.17, 15) is 9.65 Å². The molecule has 0 aliphatic heterocycles. The fourth-order valence-corrected chi connectivity index (χ4v) is 4.21. The smallest absolute Gasteiger partial charge is 0.168 e. The molecule has 2 aromatic carbocycles. The monoisotopic (exact) mass is 365 g/mol. The summed E-state index contributed by atoms with van der Waals surface area (Å²) in [7, 11) is 1.49. The summed E-state index contributed by atoms with van der Waals surface area (Å²) in [5.41, 5.74) is 3.86. The second-order valence-electron chi connectivity index (χ2n) is 7.74. The molecule has 0 amide bonds. The standard InChI is InChI=1S/C24H28FNO/c1-4-5-18-10-13-22(24(27-3)23(18)25)21-12-11-19(14-20(21)15-26)17-8-6-16(2)7-9-17/h10-14,16-17H,4-9H2,1-3H3. The first kappa shape index (κ1) is 19.4. The van der Waals surface area contributed by atoms with Gasteiger partial charge < -0.3 is 4.74 Å². The highest BCUT2D eigenvalue weighted by Gasteiger charge is 2.22. The highest BCUT2D eigenvalue weighted by atomic mass is 19.1. The zero-order valence-corrected chi connectivity index (χ0v) is 16.5. The first-order valence-electron chi connectivity index (χ1n) is 9.98. The topological polar surface area (TPSA) is 33.0 Å². The van der Waals surface area contributed by atoms with Crippen LogP contribution in [0.4, 0.5) is 4.39 Å². The molecule has 0 radical (unpaired) electrons. The Morgan fingerprint density at radius 1 is 1.11 bits per heavy atom. The van der Waals surface area contributed by atoms with Crippen molar-refractivity contribution in [3.05, 3.63) is 52.8 Å². The fraction of sp³-hybridized carbons (Fsp3) is 0.458. The first-order chi connectivity index (χ1) is 13.1. The van der Waals surface area contributed by atoms with Gasteiger partial charge in [-0.15, -0.1) is 0 Å². The summed E-state index contributed by atoms with van der Waals surface area (Å²) in [5, 5.41) is 9.73. The van der Waals surface area contributed by atoms with E-state index >= 15 is 0 Å². The van der Waals surface area contributed by atoms with Gasteiger partial charge >= 0.3 is 0 Å².